The van der Waals surface area contributed by atoms with Crippen molar-refractivity contribution in [3.63, 3.8) is 0 Å². The predicted molar refractivity (Wildman–Crippen MR) is 98.2 cm³/mol. The SMILES string of the molecule is COc1ccc(CN=C(N)NCCCCC(F)(F)F)cc1OC.I. The Balaban J connectivity index is 0.00000529. The number of halogens is 4. The van der Waals surface area contributed by atoms with Gasteiger partial charge < -0.3 is 20.5 Å². The second-order valence-electron chi connectivity index (χ2n) is 4.89. The molecule has 138 valence electrons. The summed E-state index contributed by atoms with van der Waals surface area (Å²) in [5.41, 5.74) is 6.56. The standard InChI is InChI=1S/C15H22F3N3O2.HI/c1-22-12-6-5-11(9-13(12)23-2)10-21-14(19)20-8-4-3-7-15(16,17)18;/h5-6,9H,3-4,7-8,10H2,1-2H3,(H3,19,20,21);1H. The third kappa shape index (κ3) is 9.04. The van der Waals surface area contributed by atoms with Crippen molar-refractivity contribution in [1.82, 2.24) is 5.32 Å². The highest BCUT2D eigenvalue weighted by atomic mass is 127. The van der Waals surface area contributed by atoms with Gasteiger partial charge in [-0.05, 0) is 30.5 Å². The normalized spacial score (nSPS) is 11.6. The van der Waals surface area contributed by atoms with Crippen molar-refractivity contribution < 1.29 is 22.6 Å². The van der Waals surface area contributed by atoms with E-state index in [1.807, 2.05) is 6.07 Å². The molecule has 0 bridgehead atoms. The van der Waals surface area contributed by atoms with Crippen LogP contribution in [0.25, 0.3) is 0 Å². The lowest BCUT2D eigenvalue weighted by molar-refractivity contribution is -0.135. The van der Waals surface area contributed by atoms with Crippen molar-refractivity contribution in [2.75, 3.05) is 20.8 Å². The Labute approximate surface area is 156 Å². The number of nitrogens with one attached hydrogen (secondary N) is 1. The van der Waals surface area contributed by atoms with E-state index < -0.39 is 12.6 Å². The minimum Gasteiger partial charge on any atom is -0.493 e. The van der Waals surface area contributed by atoms with Gasteiger partial charge in [0.2, 0.25) is 0 Å². The van der Waals surface area contributed by atoms with Gasteiger partial charge in [0.05, 0.1) is 20.8 Å². The van der Waals surface area contributed by atoms with Gasteiger partial charge in [-0.3, -0.25) is 0 Å². The third-order valence-electron chi connectivity index (χ3n) is 3.07. The molecule has 0 aliphatic carbocycles. The Morgan fingerprint density at radius 1 is 1.17 bits per heavy atom. The molecule has 1 aromatic rings. The number of methoxy groups -OCH3 is 2. The number of hydrogen-bond acceptors (Lipinski definition) is 3. The molecular weight excluding hydrogens is 438 g/mol. The molecule has 0 aromatic heterocycles. The lowest BCUT2D eigenvalue weighted by atomic mass is 10.2. The molecule has 0 heterocycles. The highest BCUT2D eigenvalue weighted by Crippen LogP contribution is 2.27. The number of aliphatic imine (C=N–C) groups is 1. The molecule has 0 saturated carbocycles. The molecular formula is C15H23F3IN3O2. The van der Waals surface area contributed by atoms with E-state index in [0.29, 0.717) is 31.0 Å². The van der Waals surface area contributed by atoms with Crippen LogP contribution in [0.4, 0.5) is 13.2 Å². The maximum atomic E-state index is 12.0. The molecule has 0 spiro atoms. The summed E-state index contributed by atoms with van der Waals surface area (Å²) in [7, 11) is 3.10. The highest BCUT2D eigenvalue weighted by Gasteiger charge is 2.25. The van der Waals surface area contributed by atoms with Crippen LogP contribution < -0.4 is 20.5 Å². The first-order chi connectivity index (χ1) is 10.9. The number of nitrogens with zero attached hydrogens (tertiary/aromatic N) is 1. The van der Waals surface area contributed by atoms with Gasteiger partial charge >= 0.3 is 6.18 Å². The Morgan fingerprint density at radius 2 is 1.83 bits per heavy atom. The Hall–Kier alpha value is -1.39. The average Bonchev–Trinajstić information content (AvgIpc) is 2.51. The van der Waals surface area contributed by atoms with E-state index in [9.17, 15) is 13.2 Å². The number of alkyl halides is 3. The minimum atomic E-state index is -4.10. The molecule has 1 aromatic carbocycles. The number of guanidine groups is 1. The van der Waals surface area contributed by atoms with Gasteiger partial charge in [-0.25, -0.2) is 4.99 Å². The fourth-order valence-electron chi connectivity index (χ4n) is 1.88. The van der Waals surface area contributed by atoms with Crippen LogP contribution in [0.1, 0.15) is 24.8 Å². The first-order valence-electron chi connectivity index (χ1n) is 7.17. The summed E-state index contributed by atoms with van der Waals surface area (Å²) in [6, 6.07) is 5.39. The summed E-state index contributed by atoms with van der Waals surface area (Å²) in [6.07, 6.45) is -4.43. The summed E-state index contributed by atoms with van der Waals surface area (Å²) in [5, 5.41) is 2.79. The molecule has 0 aliphatic rings. The van der Waals surface area contributed by atoms with Gasteiger partial charge in [0.1, 0.15) is 0 Å². The summed E-state index contributed by atoms with van der Waals surface area (Å²) >= 11 is 0. The zero-order chi connectivity index (χ0) is 17.3. The quantitative estimate of drug-likeness (QED) is 0.269. The van der Waals surface area contributed by atoms with Gasteiger partial charge in [-0.2, -0.15) is 13.2 Å². The first kappa shape index (κ1) is 22.6. The van der Waals surface area contributed by atoms with Crippen molar-refractivity contribution in [3.05, 3.63) is 23.8 Å². The number of ether oxygens (including phenoxy) is 2. The van der Waals surface area contributed by atoms with E-state index in [4.69, 9.17) is 15.2 Å². The average molecular weight is 461 g/mol. The van der Waals surface area contributed by atoms with Crippen LogP contribution in [0.15, 0.2) is 23.2 Å². The number of benzene rings is 1. The number of unbranched alkanes of at least 4 members (excludes halogenated alkanes) is 1. The summed E-state index contributed by atoms with van der Waals surface area (Å²) in [4.78, 5) is 4.14. The molecule has 0 atom stereocenters. The van der Waals surface area contributed by atoms with Gasteiger partial charge in [-0.1, -0.05) is 6.07 Å². The van der Waals surface area contributed by atoms with E-state index in [1.165, 1.54) is 0 Å². The van der Waals surface area contributed by atoms with Crippen LogP contribution >= 0.6 is 24.0 Å². The first-order valence-corrected chi connectivity index (χ1v) is 7.17. The van der Waals surface area contributed by atoms with E-state index in [-0.39, 0.29) is 36.4 Å². The second kappa shape index (κ2) is 11.2. The summed E-state index contributed by atoms with van der Waals surface area (Å²) < 4.78 is 46.3. The molecule has 1 rings (SSSR count). The van der Waals surface area contributed by atoms with Crippen LogP contribution in [0.3, 0.4) is 0 Å². The maximum Gasteiger partial charge on any atom is 0.389 e. The van der Waals surface area contributed by atoms with E-state index in [2.05, 4.69) is 10.3 Å². The maximum absolute atomic E-state index is 12.0. The molecule has 9 heteroatoms. The lowest BCUT2D eigenvalue weighted by Gasteiger charge is -2.09. The summed E-state index contributed by atoms with van der Waals surface area (Å²) in [6.45, 7) is 0.694. The van der Waals surface area contributed by atoms with Gasteiger partial charge in [0.25, 0.3) is 0 Å². The molecule has 0 amide bonds. The zero-order valence-corrected chi connectivity index (χ0v) is 16.0. The van der Waals surface area contributed by atoms with Crippen LogP contribution in [-0.2, 0) is 6.54 Å². The molecule has 0 aliphatic heterocycles. The van der Waals surface area contributed by atoms with Gasteiger partial charge in [0, 0.05) is 13.0 Å². The molecule has 3 N–H and O–H groups in total. The molecule has 24 heavy (non-hydrogen) atoms. The van der Waals surface area contributed by atoms with Crippen molar-refractivity contribution in [2.45, 2.75) is 32.0 Å². The molecule has 0 saturated heterocycles. The molecule has 0 radical (unpaired) electrons. The monoisotopic (exact) mass is 461 g/mol. The highest BCUT2D eigenvalue weighted by molar-refractivity contribution is 14.0. The number of hydrogen-bond donors (Lipinski definition) is 2. The van der Waals surface area contributed by atoms with E-state index in [1.54, 1.807) is 26.4 Å². The lowest BCUT2D eigenvalue weighted by Crippen LogP contribution is -2.32. The molecule has 0 fully saturated rings. The number of rotatable bonds is 8. The minimum absolute atomic E-state index is 0. The smallest absolute Gasteiger partial charge is 0.389 e. The van der Waals surface area contributed by atoms with Gasteiger partial charge in [0.15, 0.2) is 17.5 Å². The Bertz CT molecular complexity index is 525. The predicted octanol–water partition coefficient (Wildman–Crippen LogP) is 3.46. The topological polar surface area (TPSA) is 68.9 Å². The van der Waals surface area contributed by atoms with Crippen LogP contribution in [0.5, 0.6) is 11.5 Å². The van der Waals surface area contributed by atoms with Crippen molar-refractivity contribution in [3.8, 4) is 11.5 Å². The Morgan fingerprint density at radius 3 is 2.42 bits per heavy atom. The Kier molecular flexibility index (Phi) is 10.6. The molecule has 5 nitrogen and oxygen atoms in total. The van der Waals surface area contributed by atoms with Gasteiger partial charge in [-0.15, -0.1) is 24.0 Å². The van der Waals surface area contributed by atoms with Crippen LogP contribution in [0.2, 0.25) is 0 Å². The molecule has 0 unspecified atom stereocenters. The number of nitrogens with two attached hydrogens (primary N) is 1. The summed E-state index contributed by atoms with van der Waals surface area (Å²) in [5.74, 6) is 1.42. The van der Waals surface area contributed by atoms with Crippen molar-refractivity contribution in [2.24, 2.45) is 10.7 Å². The fourth-order valence-corrected chi connectivity index (χ4v) is 1.88. The zero-order valence-electron chi connectivity index (χ0n) is 13.7. The third-order valence-corrected chi connectivity index (χ3v) is 3.07. The van der Waals surface area contributed by atoms with Crippen molar-refractivity contribution in [1.29, 1.82) is 0 Å². The van der Waals surface area contributed by atoms with Crippen LogP contribution in [-0.4, -0.2) is 32.9 Å². The fraction of sp³-hybridized carbons (Fsp3) is 0.533. The largest absolute Gasteiger partial charge is 0.493 e. The van der Waals surface area contributed by atoms with E-state index in [0.717, 1.165) is 5.56 Å². The van der Waals surface area contributed by atoms with Crippen LogP contribution in [0, 0.1) is 0 Å². The van der Waals surface area contributed by atoms with Crippen molar-refractivity contribution >= 4 is 29.9 Å². The second-order valence-corrected chi connectivity index (χ2v) is 4.89. The van der Waals surface area contributed by atoms with E-state index >= 15 is 0 Å².